The Kier molecular flexibility index (Phi) is 2.40. The highest BCUT2D eigenvalue weighted by Crippen LogP contribution is 2.48. The van der Waals surface area contributed by atoms with Gasteiger partial charge in [0.05, 0.1) is 6.61 Å². The summed E-state index contributed by atoms with van der Waals surface area (Å²) >= 11 is 0. The second kappa shape index (κ2) is 3.77. The number of nitrogens with one attached hydrogen (secondary N) is 1. The molecule has 1 aromatic carbocycles. The van der Waals surface area contributed by atoms with Gasteiger partial charge in [0, 0.05) is 13.0 Å². The van der Waals surface area contributed by atoms with Crippen molar-refractivity contribution in [1.82, 2.24) is 5.32 Å². The summed E-state index contributed by atoms with van der Waals surface area (Å²) in [6, 6.07) is 6.73. The highest BCUT2D eigenvalue weighted by atomic mass is 16.5. The van der Waals surface area contributed by atoms with Gasteiger partial charge in [-0.3, -0.25) is 0 Å². The first-order chi connectivity index (χ1) is 7.81. The molecule has 0 unspecified atom stereocenters. The molecule has 1 heterocycles. The normalized spacial score (nSPS) is 20.3. The maximum Gasteiger partial charge on any atom is 0.122 e. The lowest BCUT2D eigenvalue weighted by molar-refractivity contribution is 0.356. The van der Waals surface area contributed by atoms with Crippen LogP contribution in [0, 0.1) is 5.41 Å². The fourth-order valence-electron chi connectivity index (χ4n) is 2.75. The zero-order chi connectivity index (χ0) is 11.0. The van der Waals surface area contributed by atoms with Crippen molar-refractivity contribution in [2.75, 3.05) is 20.2 Å². The maximum atomic E-state index is 5.53. The molecule has 1 aliphatic carbocycles. The van der Waals surface area contributed by atoms with Crippen molar-refractivity contribution in [2.45, 2.75) is 25.7 Å². The van der Waals surface area contributed by atoms with E-state index in [0.29, 0.717) is 5.41 Å². The molecule has 0 saturated heterocycles. The van der Waals surface area contributed by atoms with Crippen LogP contribution in [-0.4, -0.2) is 20.2 Å². The van der Waals surface area contributed by atoms with Gasteiger partial charge in [0.1, 0.15) is 5.75 Å². The average Bonchev–Trinajstić information content (AvgIpc) is 2.87. The molecule has 0 amide bonds. The van der Waals surface area contributed by atoms with Gasteiger partial charge in [0.15, 0.2) is 0 Å². The first-order valence-corrected chi connectivity index (χ1v) is 6.21. The molecule has 0 spiro atoms. The monoisotopic (exact) mass is 217 g/mol. The van der Waals surface area contributed by atoms with Crippen molar-refractivity contribution < 1.29 is 4.74 Å². The Balaban J connectivity index is 1.75. The second-order valence-corrected chi connectivity index (χ2v) is 5.25. The van der Waals surface area contributed by atoms with E-state index in [4.69, 9.17) is 4.74 Å². The summed E-state index contributed by atoms with van der Waals surface area (Å²) in [5.74, 6) is 1.10. The number of hydrogen-bond donors (Lipinski definition) is 1. The van der Waals surface area contributed by atoms with Crippen molar-refractivity contribution in [3.05, 3.63) is 29.3 Å². The van der Waals surface area contributed by atoms with Gasteiger partial charge in [-0.05, 0) is 48.9 Å². The van der Waals surface area contributed by atoms with Crippen LogP contribution in [0.3, 0.4) is 0 Å². The molecule has 0 aromatic heterocycles. The van der Waals surface area contributed by atoms with E-state index in [1.165, 1.54) is 30.4 Å². The molecule has 0 atom stereocenters. The standard InChI is InChI=1S/C14H19NO/c1-15-10-14(5-6-14)9-11-2-3-13-12(8-11)4-7-16-13/h2-3,8,15H,4-7,9-10H2,1H3. The first-order valence-electron chi connectivity index (χ1n) is 6.21. The quantitative estimate of drug-likeness (QED) is 0.834. The van der Waals surface area contributed by atoms with Crippen LogP contribution >= 0.6 is 0 Å². The molecule has 86 valence electrons. The van der Waals surface area contributed by atoms with E-state index >= 15 is 0 Å². The topological polar surface area (TPSA) is 21.3 Å². The third-order valence-electron chi connectivity index (χ3n) is 3.84. The zero-order valence-corrected chi connectivity index (χ0v) is 9.88. The Labute approximate surface area is 97.0 Å². The van der Waals surface area contributed by atoms with Crippen molar-refractivity contribution in [3.63, 3.8) is 0 Å². The van der Waals surface area contributed by atoms with Crippen LogP contribution in [0.4, 0.5) is 0 Å². The first kappa shape index (κ1) is 10.2. The summed E-state index contributed by atoms with van der Waals surface area (Å²) in [5, 5.41) is 3.32. The van der Waals surface area contributed by atoms with Crippen LogP contribution in [0.1, 0.15) is 24.0 Å². The molecular formula is C14H19NO. The van der Waals surface area contributed by atoms with Gasteiger partial charge in [-0.1, -0.05) is 12.1 Å². The summed E-state index contributed by atoms with van der Waals surface area (Å²) in [6.07, 6.45) is 5.06. The van der Waals surface area contributed by atoms with Crippen LogP contribution in [0.5, 0.6) is 5.75 Å². The van der Waals surface area contributed by atoms with Gasteiger partial charge in [-0.2, -0.15) is 0 Å². The number of ether oxygens (including phenoxy) is 1. The Bertz CT molecular complexity index is 396. The minimum absolute atomic E-state index is 0.558. The summed E-state index contributed by atoms with van der Waals surface area (Å²) in [7, 11) is 2.05. The largest absolute Gasteiger partial charge is 0.493 e. The lowest BCUT2D eigenvalue weighted by Crippen LogP contribution is -2.21. The minimum Gasteiger partial charge on any atom is -0.493 e. The summed E-state index contributed by atoms with van der Waals surface area (Å²) in [4.78, 5) is 0. The van der Waals surface area contributed by atoms with E-state index in [9.17, 15) is 0 Å². The maximum absolute atomic E-state index is 5.53. The van der Waals surface area contributed by atoms with E-state index in [1.54, 1.807) is 0 Å². The highest BCUT2D eigenvalue weighted by Gasteiger charge is 2.41. The molecule has 1 N–H and O–H groups in total. The minimum atomic E-state index is 0.558. The lowest BCUT2D eigenvalue weighted by Gasteiger charge is -2.14. The van der Waals surface area contributed by atoms with Gasteiger partial charge >= 0.3 is 0 Å². The van der Waals surface area contributed by atoms with Gasteiger partial charge in [0.25, 0.3) is 0 Å². The second-order valence-electron chi connectivity index (χ2n) is 5.25. The van der Waals surface area contributed by atoms with E-state index in [-0.39, 0.29) is 0 Å². The van der Waals surface area contributed by atoms with Crippen LogP contribution in [0.25, 0.3) is 0 Å². The molecule has 2 heteroatoms. The SMILES string of the molecule is CNCC1(Cc2ccc3c(c2)CCO3)CC1. The van der Waals surface area contributed by atoms with Crippen LogP contribution in [0.15, 0.2) is 18.2 Å². The number of rotatable bonds is 4. The Morgan fingerprint density at radius 3 is 3.00 bits per heavy atom. The van der Waals surface area contributed by atoms with Crippen molar-refractivity contribution in [2.24, 2.45) is 5.41 Å². The highest BCUT2D eigenvalue weighted by molar-refractivity contribution is 5.40. The van der Waals surface area contributed by atoms with E-state index in [1.807, 2.05) is 0 Å². The average molecular weight is 217 g/mol. The summed E-state index contributed by atoms with van der Waals surface area (Å²) < 4.78 is 5.53. The van der Waals surface area contributed by atoms with E-state index in [2.05, 4.69) is 30.6 Å². The van der Waals surface area contributed by atoms with Crippen molar-refractivity contribution in [1.29, 1.82) is 0 Å². The summed E-state index contributed by atoms with van der Waals surface area (Å²) in [5.41, 5.74) is 3.44. The molecule has 3 rings (SSSR count). The molecule has 0 radical (unpaired) electrons. The molecular weight excluding hydrogens is 198 g/mol. The summed E-state index contributed by atoms with van der Waals surface area (Å²) in [6.45, 7) is 2.01. The third-order valence-corrected chi connectivity index (χ3v) is 3.84. The number of fused-ring (bicyclic) bond motifs is 1. The molecule has 1 aromatic rings. The Morgan fingerprint density at radius 2 is 2.25 bits per heavy atom. The van der Waals surface area contributed by atoms with Gasteiger partial charge < -0.3 is 10.1 Å². The van der Waals surface area contributed by atoms with Gasteiger partial charge in [-0.25, -0.2) is 0 Å². The Hall–Kier alpha value is -1.02. The molecule has 0 bridgehead atoms. The van der Waals surface area contributed by atoms with Crippen molar-refractivity contribution in [3.8, 4) is 5.75 Å². The molecule has 1 fully saturated rings. The number of benzene rings is 1. The fourth-order valence-corrected chi connectivity index (χ4v) is 2.75. The predicted molar refractivity (Wildman–Crippen MR) is 64.9 cm³/mol. The third kappa shape index (κ3) is 1.82. The molecule has 1 saturated carbocycles. The Morgan fingerprint density at radius 1 is 1.38 bits per heavy atom. The van der Waals surface area contributed by atoms with E-state index < -0.39 is 0 Å². The number of hydrogen-bond acceptors (Lipinski definition) is 2. The molecule has 16 heavy (non-hydrogen) atoms. The predicted octanol–water partition coefficient (Wildman–Crippen LogP) is 2.16. The lowest BCUT2D eigenvalue weighted by atomic mass is 9.95. The molecule has 1 aliphatic heterocycles. The van der Waals surface area contributed by atoms with Crippen LogP contribution in [-0.2, 0) is 12.8 Å². The smallest absolute Gasteiger partial charge is 0.122 e. The van der Waals surface area contributed by atoms with Gasteiger partial charge in [0.2, 0.25) is 0 Å². The van der Waals surface area contributed by atoms with Crippen LogP contribution in [0.2, 0.25) is 0 Å². The fraction of sp³-hybridized carbons (Fsp3) is 0.571. The van der Waals surface area contributed by atoms with Gasteiger partial charge in [-0.15, -0.1) is 0 Å². The van der Waals surface area contributed by atoms with E-state index in [0.717, 1.165) is 25.3 Å². The van der Waals surface area contributed by atoms with Crippen LogP contribution < -0.4 is 10.1 Å². The molecule has 2 aliphatic rings. The van der Waals surface area contributed by atoms with Crippen molar-refractivity contribution >= 4 is 0 Å². The molecule has 2 nitrogen and oxygen atoms in total. The zero-order valence-electron chi connectivity index (χ0n) is 9.88.